The molecule has 0 aliphatic heterocycles. The number of ether oxygens (including phenoxy) is 1. The largest absolute Gasteiger partial charge is 0.423 e. The first-order chi connectivity index (χ1) is 10.2. The van der Waals surface area contributed by atoms with Gasteiger partial charge in [-0.15, -0.1) is 0 Å². The minimum atomic E-state index is -3.32. The van der Waals surface area contributed by atoms with Gasteiger partial charge >= 0.3 is 5.97 Å². The van der Waals surface area contributed by atoms with Crippen molar-refractivity contribution in [1.29, 1.82) is 0 Å². The summed E-state index contributed by atoms with van der Waals surface area (Å²) in [6.07, 6.45) is 1.07. The zero-order chi connectivity index (χ0) is 16.3. The third-order valence-electron chi connectivity index (χ3n) is 3.11. The maximum absolute atomic E-state index is 12.1. The zero-order valence-electron chi connectivity index (χ0n) is 12.6. The van der Waals surface area contributed by atoms with Gasteiger partial charge in [0, 0.05) is 5.69 Å². The van der Waals surface area contributed by atoms with E-state index in [1.165, 1.54) is 24.3 Å². The third-order valence-corrected chi connectivity index (χ3v) is 3.72. The van der Waals surface area contributed by atoms with Crippen LogP contribution in [0.2, 0.25) is 0 Å². The standard InChI is InChI=1S/C16H17NO4S/c1-11-4-5-13(10-12(11)2)16(18)21-15-8-6-14(7-9-15)17-22(3,19)20/h4-10,17H,1-3H3. The van der Waals surface area contributed by atoms with Gasteiger partial charge in [-0.1, -0.05) is 6.07 Å². The van der Waals surface area contributed by atoms with E-state index in [2.05, 4.69) is 4.72 Å². The van der Waals surface area contributed by atoms with Gasteiger partial charge in [0.25, 0.3) is 0 Å². The molecule has 0 aromatic heterocycles. The minimum Gasteiger partial charge on any atom is -0.423 e. The number of sulfonamides is 1. The topological polar surface area (TPSA) is 72.5 Å². The molecule has 0 heterocycles. The summed E-state index contributed by atoms with van der Waals surface area (Å²) >= 11 is 0. The van der Waals surface area contributed by atoms with E-state index in [4.69, 9.17) is 4.74 Å². The predicted octanol–water partition coefficient (Wildman–Crippen LogP) is 2.89. The molecule has 0 saturated carbocycles. The van der Waals surface area contributed by atoms with Crippen LogP contribution in [0.3, 0.4) is 0 Å². The van der Waals surface area contributed by atoms with Crippen molar-refractivity contribution in [2.75, 3.05) is 11.0 Å². The first-order valence-electron chi connectivity index (χ1n) is 6.62. The van der Waals surface area contributed by atoms with E-state index >= 15 is 0 Å². The summed E-state index contributed by atoms with van der Waals surface area (Å²) in [5.74, 6) is -0.103. The number of carbonyl (C=O) groups excluding carboxylic acids is 1. The molecule has 2 rings (SSSR count). The molecular formula is C16H17NO4S. The van der Waals surface area contributed by atoms with Crippen molar-refractivity contribution in [3.8, 4) is 5.75 Å². The molecule has 22 heavy (non-hydrogen) atoms. The van der Waals surface area contributed by atoms with Gasteiger partial charge in [-0.2, -0.15) is 0 Å². The van der Waals surface area contributed by atoms with E-state index in [0.29, 0.717) is 17.0 Å². The summed E-state index contributed by atoms with van der Waals surface area (Å²) < 4.78 is 29.8. The van der Waals surface area contributed by atoms with Crippen LogP contribution >= 0.6 is 0 Å². The van der Waals surface area contributed by atoms with E-state index in [9.17, 15) is 13.2 Å². The number of hydrogen-bond donors (Lipinski definition) is 1. The molecule has 1 N–H and O–H groups in total. The van der Waals surface area contributed by atoms with Crippen molar-refractivity contribution in [2.24, 2.45) is 0 Å². The van der Waals surface area contributed by atoms with Crippen molar-refractivity contribution in [3.63, 3.8) is 0 Å². The zero-order valence-corrected chi connectivity index (χ0v) is 13.4. The molecule has 0 saturated heterocycles. The fourth-order valence-corrected chi connectivity index (χ4v) is 2.40. The molecule has 0 amide bonds. The number of benzene rings is 2. The van der Waals surface area contributed by atoms with E-state index < -0.39 is 16.0 Å². The van der Waals surface area contributed by atoms with Crippen LogP contribution in [-0.2, 0) is 10.0 Å². The van der Waals surface area contributed by atoms with Gasteiger partial charge in [0.15, 0.2) is 0 Å². The van der Waals surface area contributed by atoms with Crippen LogP contribution in [0.1, 0.15) is 21.5 Å². The Bertz CT molecular complexity index is 795. The van der Waals surface area contributed by atoms with E-state index in [1.54, 1.807) is 12.1 Å². The molecule has 0 aliphatic rings. The van der Waals surface area contributed by atoms with Crippen molar-refractivity contribution in [1.82, 2.24) is 0 Å². The Morgan fingerprint density at radius 1 is 1.00 bits per heavy atom. The normalized spacial score (nSPS) is 11.0. The van der Waals surface area contributed by atoms with Crippen LogP contribution in [0.4, 0.5) is 5.69 Å². The Morgan fingerprint density at radius 3 is 2.18 bits per heavy atom. The first kappa shape index (κ1) is 16.0. The molecule has 0 spiro atoms. The number of rotatable bonds is 4. The Hall–Kier alpha value is -2.34. The average molecular weight is 319 g/mol. The van der Waals surface area contributed by atoms with E-state index in [-0.39, 0.29) is 0 Å². The SMILES string of the molecule is Cc1ccc(C(=O)Oc2ccc(NS(C)(=O)=O)cc2)cc1C. The summed E-state index contributed by atoms with van der Waals surface area (Å²) in [5.41, 5.74) is 3.00. The Balaban J connectivity index is 2.10. The van der Waals surface area contributed by atoms with Gasteiger partial charge < -0.3 is 4.74 Å². The number of anilines is 1. The van der Waals surface area contributed by atoms with Crippen molar-refractivity contribution >= 4 is 21.7 Å². The molecule has 0 atom stereocenters. The highest BCUT2D eigenvalue weighted by atomic mass is 32.2. The Kier molecular flexibility index (Phi) is 4.51. The summed E-state index contributed by atoms with van der Waals surface area (Å²) in [5, 5.41) is 0. The number of aryl methyl sites for hydroxylation is 2. The molecule has 0 aliphatic carbocycles. The van der Waals surface area contributed by atoms with Gasteiger partial charge in [-0.3, -0.25) is 4.72 Å². The monoisotopic (exact) mass is 319 g/mol. The highest BCUT2D eigenvalue weighted by molar-refractivity contribution is 7.92. The summed E-state index contributed by atoms with van der Waals surface area (Å²) in [4.78, 5) is 12.1. The van der Waals surface area contributed by atoms with Crippen LogP contribution in [0.25, 0.3) is 0 Å². The lowest BCUT2D eigenvalue weighted by atomic mass is 10.1. The van der Waals surface area contributed by atoms with Crippen LogP contribution in [0, 0.1) is 13.8 Å². The van der Waals surface area contributed by atoms with Crippen LogP contribution < -0.4 is 9.46 Å². The van der Waals surface area contributed by atoms with Gasteiger partial charge in [-0.25, -0.2) is 13.2 Å². The van der Waals surface area contributed by atoms with Crippen LogP contribution in [-0.4, -0.2) is 20.6 Å². The molecule has 0 radical (unpaired) electrons. The van der Waals surface area contributed by atoms with Gasteiger partial charge in [0.05, 0.1) is 11.8 Å². The van der Waals surface area contributed by atoms with Crippen molar-refractivity contribution in [2.45, 2.75) is 13.8 Å². The lowest BCUT2D eigenvalue weighted by Gasteiger charge is -2.08. The van der Waals surface area contributed by atoms with Crippen LogP contribution in [0.5, 0.6) is 5.75 Å². The number of nitrogens with one attached hydrogen (secondary N) is 1. The summed E-state index contributed by atoms with van der Waals surface area (Å²) in [7, 11) is -3.32. The van der Waals surface area contributed by atoms with Gasteiger partial charge in [0.2, 0.25) is 10.0 Å². The lowest BCUT2D eigenvalue weighted by Crippen LogP contribution is -2.10. The number of esters is 1. The summed E-state index contributed by atoms with van der Waals surface area (Å²) in [6.45, 7) is 3.90. The molecule has 0 fully saturated rings. The summed E-state index contributed by atoms with van der Waals surface area (Å²) in [6, 6.07) is 11.5. The second-order valence-electron chi connectivity index (χ2n) is 5.09. The first-order valence-corrected chi connectivity index (χ1v) is 8.51. The number of carbonyl (C=O) groups is 1. The molecule has 5 nitrogen and oxygen atoms in total. The van der Waals surface area contributed by atoms with E-state index in [1.807, 2.05) is 19.9 Å². The Morgan fingerprint density at radius 2 is 1.64 bits per heavy atom. The minimum absolute atomic E-state index is 0.349. The quantitative estimate of drug-likeness (QED) is 0.695. The highest BCUT2D eigenvalue weighted by Gasteiger charge is 2.10. The maximum atomic E-state index is 12.1. The lowest BCUT2D eigenvalue weighted by molar-refractivity contribution is 0.0734. The second-order valence-corrected chi connectivity index (χ2v) is 6.84. The third kappa shape index (κ3) is 4.33. The predicted molar refractivity (Wildman–Crippen MR) is 85.8 cm³/mol. The highest BCUT2D eigenvalue weighted by Crippen LogP contribution is 2.18. The molecule has 2 aromatic rings. The van der Waals surface area contributed by atoms with Crippen LogP contribution in [0.15, 0.2) is 42.5 Å². The Labute approximate surface area is 130 Å². The van der Waals surface area contributed by atoms with Gasteiger partial charge in [0.1, 0.15) is 5.75 Å². The molecule has 0 bridgehead atoms. The van der Waals surface area contributed by atoms with Crippen molar-refractivity contribution < 1.29 is 17.9 Å². The molecule has 116 valence electrons. The molecular weight excluding hydrogens is 302 g/mol. The molecule has 2 aromatic carbocycles. The average Bonchev–Trinajstić information content (AvgIpc) is 2.42. The second kappa shape index (κ2) is 6.19. The van der Waals surface area contributed by atoms with E-state index in [0.717, 1.165) is 17.4 Å². The maximum Gasteiger partial charge on any atom is 0.343 e. The molecule has 6 heteroatoms. The van der Waals surface area contributed by atoms with Gasteiger partial charge in [-0.05, 0) is 61.4 Å². The smallest absolute Gasteiger partial charge is 0.343 e. The van der Waals surface area contributed by atoms with Crippen molar-refractivity contribution in [3.05, 3.63) is 59.2 Å². The fourth-order valence-electron chi connectivity index (χ4n) is 1.84. The number of hydrogen-bond acceptors (Lipinski definition) is 4. The molecule has 0 unspecified atom stereocenters. The fraction of sp³-hybridized carbons (Fsp3) is 0.188.